The molecule has 0 aliphatic heterocycles. The Morgan fingerprint density at radius 3 is 2.40 bits per heavy atom. The quantitative estimate of drug-likeness (QED) is 0.746. The van der Waals surface area contributed by atoms with Crippen molar-refractivity contribution in [3.05, 3.63) is 56.0 Å². The van der Waals surface area contributed by atoms with Gasteiger partial charge in [-0.3, -0.25) is 4.79 Å². The molecule has 0 saturated heterocycles. The molecule has 2 aromatic rings. The zero-order chi connectivity index (χ0) is 14.5. The van der Waals surface area contributed by atoms with E-state index >= 15 is 0 Å². The third kappa shape index (κ3) is 3.59. The molecule has 0 unspecified atom stereocenters. The van der Waals surface area contributed by atoms with Crippen molar-refractivity contribution in [1.82, 2.24) is 9.78 Å². The lowest BCUT2D eigenvalue weighted by molar-refractivity contribution is 0.636. The van der Waals surface area contributed by atoms with E-state index in [1.54, 1.807) is 12.3 Å². The van der Waals surface area contributed by atoms with E-state index in [1.165, 1.54) is 8.25 Å². The van der Waals surface area contributed by atoms with Gasteiger partial charge >= 0.3 is 0 Å². The number of hydrogen-bond donors (Lipinski definition) is 0. The van der Waals surface area contributed by atoms with Gasteiger partial charge in [0.15, 0.2) is 0 Å². The van der Waals surface area contributed by atoms with Crippen molar-refractivity contribution in [3.63, 3.8) is 0 Å². The van der Waals surface area contributed by atoms with E-state index in [2.05, 4.69) is 46.4 Å². The van der Waals surface area contributed by atoms with Crippen molar-refractivity contribution in [2.75, 3.05) is 18.0 Å². The molecule has 2 rings (SSSR count). The Labute approximate surface area is 132 Å². The zero-order valence-electron chi connectivity index (χ0n) is 11.7. The molecule has 0 bridgehead atoms. The summed E-state index contributed by atoms with van der Waals surface area (Å²) in [5.74, 6) is 0. The monoisotopic (exact) mass is 383 g/mol. The van der Waals surface area contributed by atoms with Gasteiger partial charge in [-0.05, 0) is 54.1 Å². The minimum absolute atomic E-state index is 0.0621. The lowest BCUT2D eigenvalue weighted by Crippen LogP contribution is -2.28. The fraction of sp³-hybridized carbons (Fsp3) is 0.333. The van der Waals surface area contributed by atoms with Crippen molar-refractivity contribution >= 4 is 28.3 Å². The zero-order valence-corrected chi connectivity index (χ0v) is 13.9. The Kier molecular flexibility index (Phi) is 5.17. The maximum absolute atomic E-state index is 12.1. The van der Waals surface area contributed by atoms with Crippen molar-refractivity contribution in [2.24, 2.45) is 0 Å². The predicted octanol–water partition coefficient (Wildman–Crippen LogP) is 2.74. The van der Waals surface area contributed by atoms with E-state index in [-0.39, 0.29) is 5.56 Å². The fourth-order valence-corrected chi connectivity index (χ4v) is 2.43. The first-order valence-electron chi connectivity index (χ1n) is 6.70. The summed E-state index contributed by atoms with van der Waals surface area (Å²) in [6.07, 6.45) is 1.76. The second kappa shape index (κ2) is 6.88. The SMILES string of the molecule is CCN(CC)c1cnn(Cc2ccc(I)cc2)c(=O)c1. The molecule has 0 fully saturated rings. The number of benzene rings is 1. The largest absolute Gasteiger partial charge is 0.371 e. The van der Waals surface area contributed by atoms with Crippen LogP contribution >= 0.6 is 22.6 Å². The minimum atomic E-state index is -0.0621. The lowest BCUT2D eigenvalue weighted by Gasteiger charge is -2.20. The van der Waals surface area contributed by atoms with Crippen LogP contribution in [0.3, 0.4) is 0 Å². The number of nitrogens with zero attached hydrogens (tertiary/aromatic N) is 3. The molecule has 0 radical (unpaired) electrons. The normalized spacial score (nSPS) is 10.6. The number of aromatic nitrogens is 2. The smallest absolute Gasteiger partial charge is 0.269 e. The number of rotatable bonds is 5. The number of anilines is 1. The highest BCUT2D eigenvalue weighted by molar-refractivity contribution is 14.1. The minimum Gasteiger partial charge on any atom is -0.371 e. The molecular weight excluding hydrogens is 365 g/mol. The van der Waals surface area contributed by atoms with Crippen LogP contribution in [0, 0.1) is 3.57 Å². The maximum Gasteiger partial charge on any atom is 0.269 e. The Balaban J connectivity index is 2.22. The second-order valence-corrected chi connectivity index (χ2v) is 5.75. The van der Waals surface area contributed by atoms with Gasteiger partial charge in [-0.25, -0.2) is 4.68 Å². The van der Waals surface area contributed by atoms with E-state index in [1.807, 2.05) is 24.3 Å². The predicted molar refractivity (Wildman–Crippen MR) is 90.3 cm³/mol. The number of halogens is 1. The van der Waals surface area contributed by atoms with E-state index in [4.69, 9.17) is 0 Å². The van der Waals surface area contributed by atoms with Crippen LogP contribution in [0.2, 0.25) is 0 Å². The summed E-state index contributed by atoms with van der Waals surface area (Å²) < 4.78 is 2.68. The van der Waals surface area contributed by atoms with E-state index in [9.17, 15) is 4.79 Å². The molecule has 20 heavy (non-hydrogen) atoms. The molecule has 1 aromatic carbocycles. The van der Waals surface area contributed by atoms with Gasteiger partial charge in [-0.15, -0.1) is 0 Å². The van der Waals surface area contributed by atoms with Gasteiger partial charge < -0.3 is 4.90 Å². The highest BCUT2D eigenvalue weighted by Gasteiger charge is 2.06. The molecule has 0 aliphatic rings. The molecule has 1 heterocycles. The van der Waals surface area contributed by atoms with Crippen LogP contribution in [0.4, 0.5) is 5.69 Å². The van der Waals surface area contributed by atoms with Gasteiger partial charge in [0, 0.05) is 22.7 Å². The second-order valence-electron chi connectivity index (χ2n) is 4.51. The molecule has 106 valence electrons. The highest BCUT2D eigenvalue weighted by atomic mass is 127. The maximum atomic E-state index is 12.1. The molecule has 0 saturated carbocycles. The number of hydrogen-bond acceptors (Lipinski definition) is 3. The van der Waals surface area contributed by atoms with Crippen LogP contribution in [0.1, 0.15) is 19.4 Å². The molecule has 0 atom stereocenters. The van der Waals surface area contributed by atoms with Gasteiger partial charge in [0.05, 0.1) is 18.4 Å². The average Bonchev–Trinajstić information content (AvgIpc) is 2.45. The topological polar surface area (TPSA) is 38.1 Å². The van der Waals surface area contributed by atoms with Gasteiger partial charge in [0.1, 0.15) is 0 Å². The van der Waals surface area contributed by atoms with Crippen LogP contribution in [0.5, 0.6) is 0 Å². The molecule has 4 nitrogen and oxygen atoms in total. The van der Waals surface area contributed by atoms with Gasteiger partial charge in [-0.2, -0.15) is 5.10 Å². The summed E-state index contributed by atoms with van der Waals surface area (Å²) in [4.78, 5) is 14.2. The van der Waals surface area contributed by atoms with Crippen LogP contribution in [0.15, 0.2) is 41.3 Å². The summed E-state index contributed by atoms with van der Waals surface area (Å²) in [5, 5.41) is 4.27. The summed E-state index contributed by atoms with van der Waals surface area (Å²) >= 11 is 2.26. The Bertz CT molecular complexity index is 618. The fourth-order valence-electron chi connectivity index (χ4n) is 2.07. The molecule has 1 aromatic heterocycles. The average molecular weight is 383 g/mol. The van der Waals surface area contributed by atoms with Crippen LogP contribution in [0.25, 0.3) is 0 Å². The van der Waals surface area contributed by atoms with Gasteiger partial charge in [0.25, 0.3) is 5.56 Å². The molecule has 0 amide bonds. The molecular formula is C15H18IN3O. The first kappa shape index (κ1) is 15.0. The third-order valence-corrected chi connectivity index (χ3v) is 3.95. The van der Waals surface area contributed by atoms with E-state index in [0.29, 0.717) is 6.54 Å². The molecule has 0 aliphatic carbocycles. The van der Waals surface area contributed by atoms with Crippen LogP contribution in [-0.2, 0) is 6.54 Å². The van der Waals surface area contributed by atoms with Crippen molar-refractivity contribution in [3.8, 4) is 0 Å². The first-order chi connectivity index (χ1) is 9.63. The van der Waals surface area contributed by atoms with Crippen molar-refractivity contribution < 1.29 is 0 Å². The van der Waals surface area contributed by atoms with Crippen LogP contribution in [-0.4, -0.2) is 22.9 Å². The molecule has 0 N–H and O–H groups in total. The highest BCUT2D eigenvalue weighted by Crippen LogP contribution is 2.10. The van der Waals surface area contributed by atoms with Gasteiger partial charge in [0.2, 0.25) is 0 Å². The summed E-state index contributed by atoms with van der Waals surface area (Å²) in [5.41, 5.74) is 1.91. The molecule has 0 spiro atoms. The Morgan fingerprint density at radius 1 is 1.20 bits per heavy atom. The summed E-state index contributed by atoms with van der Waals surface area (Å²) in [6.45, 7) is 6.40. The van der Waals surface area contributed by atoms with E-state index < -0.39 is 0 Å². The van der Waals surface area contributed by atoms with Crippen molar-refractivity contribution in [2.45, 2.75) is 20.4 Å². The standard InChI is InChI=1S/C15H18IN3O/c1-3-18(4-2)14-9-15(20)19(17-10-14)11-12-5-7-13(16)8-6-12/h5-10H,3-4,11H2,1-2H3. The van der Waals surface area contributed by atoms with Crippen molar-refractivity contribution in [1.29, 1.82) is 0 Å². The molecule has 5 heteroatoms. The summed E-state index contributed by atoms with van der Waals surface area (Å²) in [6, 6.07) is 9.77. The van der Waals surface area contributed by atoms with Gasteiger partial charge in [-0.1, -0.05) is 12.1 Å². The Morgan fingerprint density at radius 2 is 1.85 bits per heavy atom. The van der Waals surface area contributed by atoms with Crippen LogP contribution < -0.4 is 10.5 Å². The third-order valence-electron chi connectivity index (χ3n) is 3.23. The summed E-state index contributed by atoms with van der Waals surface area (Å²) in [7, 11) is 0. The lowest BCUT2D eigenvalue weighted by atomic mass is 10.2. The van der Waals surface area contributed by atoms with E-state index in [0.717, 1.165) is 24.3 Å². The first-order valence-corrected chi connectivity index (χ1v) is 7.78. The Hall–Kier alpha value is -1.37.